The molecule has 1 amide bonds. The summed E-state index contributed by atoms with van der Waals surface area (Å²) in [6.45, 7) is 6.52. The van der Waals surface area contributed by atoms with E-state index in [1.165, 1.54) is 17.3 Å². The van der Waals surface area contributed by atoms with Gasteiger partial charge in [-0.3, -0.25) is 14.5 Å². The maximum absolute atomic E-state index is 12.2. The van der Waals surface area contributed by atoms with Crippen molar-refractivity contribution in [2.24, 2.45) is 0 Å². The first-order valence-corrected chi connectivity index (χ1v) is 8.86. The van der Waals surface area contributed by atoms with Crippen molar-refractivity contribution in [1.29, 1.82) is 0 Å². The van der Waals surface area contributed by atoms with E-state index in [0.717, 1.165) is 38.5 Å². The molecule has 1 atom stereocenters. The first-order valence-electron chi connectivity index (χ1n) is 7.98. The number of carbonyl (C=O) groups is 2. The van der Waals surface area contributed by atoms with Crippen LogP contribution in [0.15, 0.2) is 24.3 Å². The molecule has 0 saturated carbocycles. The van der Waals surface area contributed by atoms with E-state index in [-0.39, 0.29) is 16.3 Å². The lowest BCUT2D eigenvalue weighted by Gasteiger charge is -2.27. The number of hydrogen-bond donors (Lipinski definition) is 0. The molecule has 1 aromatic rings. The van der Waals surface area contributed by atoms with Crippen LogP contribution in [0, 0.1) is 0 Å². The fourth-order valence-corrected chi connectivity index (χ4v) is 4.00. The maximum atomic E-state index is 12.2. The Balaban J connectivity index is 1.67. The van der Waals surface area contributed by atoms with Gasteiger partial charge < -0.3 is 9.64 Å². The monoisotopic (exact) mass is 334 g/mol. The van der Waals surface area contributed by atoms with Crippen molar-refractivity contribution < 1.29 is 14.3 Å². The highest BCUT2D eigenvalue weighted by Gasteiger charge is 2.31. The van der Waals surface area contributed by atoms with Gasteiger partial charge in [0.25, 0.3) is 0 Å². The van der Waals surface area contributed by atoms with Crippen molar-refractivity contribution in [3.63, 3.8) is 0 Å². The van der Waals surface area contributed by atoms with Crippen LogP contribution in [-0.4, -0.2) is 54.0 Å². The number of hydrogen-bond acceptors (Lipinski definition) is 5. The Morgan fingerprint density at radius 2 is 2.13 bits per heavy atom. The van der Waals surface area contributed by atoms with E-state index in [9.17, 15) is 9.59 Å². The molecule has 0 spiro atoms. The van der Waals surface area contributed by atoms with Crippen molar-refractivity contribution in [2.75, 3.05) is 37.7 Å². The molecule has 0 bridgehead atoms. The van der Waals surface area contributed by atoms with Crippen LogP contribution in [0.4, 0.5) is 5.69 Å². The van der Waals surface area contributed by atoms with Gasteiger partial charge in [-0.25, -0.2) is 0 Å². The average molecular weight is 334 g/mol. The summed E-state index contributed by atoms with van der Waals surface area (Å²) in [6.07, 6.45) is 0.442. The third-order valence-corrected chi connectivity index (χ3v) is 5.14. The van der Waals surface area contributed by atoms with Crippen molar-refractivity contribution in [3.05, 3.63) is 29.8 Å². The van der Waals surface area contributed by atoms with Crippen molar-refractivity contribution in [1.82, 2.24) is 4.90 Å². The topological polar surface area (TPSA) is 49.9 Å². The van der Waals surface area contributed by atoms with Gasteiger partial charge in [0.1, 0.15) is 0 Å². The number of nitrogens with zero attached hydrogens (tertiary/aromatic N) is 2. The van der Waals surface area contributed by atoms with Gasteiger partial charge in [-0.1, -0.05) is 23.9 Å². The smallest absolute Gasteiger partial charge is 0.228 e. The first-order chi connectivity index (χ1) is 11.1. The fraction of sp³-hybridized carbons (Fsp3) is 0.529. The number of benzene rings is 1. The van der Waals surface area contributed by atoms with Gasteiger partial charge >= 0.3 is 0 Å². The molecular formula is C17H22N2O3S. The lowest BCUT2D eigenvalue weighted by atomic mass is 10.1. The highest BCUT2D eigenvalue weighted by molar-refractivity contribution is 8.14. The predicted octanol–water partition coefficient (Wildman–Crippen LogP) is 1.90. The average Bonchev–Trinajstić information content (AvgIpc) is 2.88. The van der Waals surface area contributed by atoms with Crippen molar-refractivity contribution in [3.8, 4) is 0 Å². The second kappa shape index (κ2) is 7.47. The van der Waals surface area contributed by atoms with E-state index in [0.29, 0.717) is 13.0 Å². The lowest BCUT2D eigenvalue weighted by molar-refractivity contribution is -0.117. The highest BCUT2D eigenvalue weighted by Crippen LogP contribution is 2.29. The van der Waals surface area contributed by atoms with Crippen LogP contribution in [0.5, 0.6) is 0 Å². The molecule has 2 fully saturated rings. The standard InChI is InChI=1S/C17H22N2O3S/c1-13(20)23-16-10-17(21)19(12-16)15-4-2-3-14(9-15)11-18-5-7-22-8-6-18/h2-4,9,16H,5-8,10-12H2,1H3. The molecule has 1 aromatic carbocycles. The zero-order valence-corrected chi connectivity index (χ0v) is 14.2. The molecule has 0 aliphatic carbocycles. The molecule has 2 heterocycles. The van der Waals surface area contributed by atoms with Crippen LogP contribution in [0.3, 0.4) is 0 Å². The molecule has 1 unspecified atom stereocenters. The van der Waals surface area contributed by atoms with Crippen LogP contribution in [0.25, 0.3) is 0 Å². The zero-order chi connectivity index (χ0) is 16.2. The molecule has 3 rings (SSSR count). The minimum absolute atomic E-state index is 0.0721. The van der Waals surface area contributed by atoms with Crippen LogP contribution in [0.2, 0.25) is 0 Å². The summed E-state index contributed by atoms with van der Waals surface area (Å²) in [5.74, 6) is 0.104. The maximum Gasteiger partial charge on any atom is 0.228 e. The molecule has 0 aromatic heterocycles. The number of anilines is 1. The van der Waals surface area contributed by atoms with Crippen LogP contribution in [-0.2, 0) is 20.9 Å². The number of thioether (sulfide) groups is 1. The number of ether oxygens (including phenoxy) is 1. The van der Waals surface area contributed by atoms with Crippen LogP contribution < -0.4 is 4.90 Å². The molecule has 6 heteroatoms. The van der Waals surface area contributed by atoms with E-state index in [1.54, 1.807) is 6.92 Å². The molecule has 0 radical (unpaired) electrons. The Morgan fingerprint density at radius 1 is 1.35 bits per heavy atom. The van der Waals surface area contributed by atoms with Crippen LogP contribution >= 0.6 is 11.8 Å². The summed E-state index contributed by atoms with van der Waals surface area (Å²) in [4.78, 5) is 27.7. The molecule has 2 aliphatic heterocycles. The summed E-state index contributed by atoms with van der Waals surface area (Å²) >= 11 is 1.27. The molecule has 5 nitrogen and oxygen atoms in total. The van der Waals surface area contributed by atoms with Gasteiger partial charge in [-0.2, -0.15) is 0 Å². The van der Waals surface area contributed by atoms with E-state index in [1.807, 2.05) is 17.0 Å². The van der Waals surface area contributed by atoms with Gasteiger partial charge in [0.2, 0.25) is 5.91 Å². The largest absolute Gasteiger partial charge is 0.379 e. The number of rotatable bonds is 4. The Hall–Kier alpha value is -1.37. The Morgan fingerprint density at radius 3 is 2.87 bits per heavy atom. The quantitative estimate of drug-likeness (QED) is 0.842. The number of morpholine rings is 1. The summed E-state index contributed by atoms with van der Waals surface area (Å²) in [6, 6.07) is 8.17. The summed E-state index contributed by atoms with van der Waals surface area (Å²) < 4.78 is 5.38. The normalized spacial score (nSPS) is 22.6. The molecular weight excluding hydrogens is 312 g/mol. The summed E-state index contributed by atoms with van der Waals surface area (Å²) in [7, 11) is 0. The zero-order valence-electron chi connectivity index (χ0n) is 13.4. The lowest BCUT2D eigenvalue weighted by Crippen LogP contribution is -2.35. The van der Waals surface area contributed by atoms with Gasteiger partial charge in [0.15, 0.2) is 5.12 Å². The highest BCUT2D eigenvalue weighted by atomic mass is 32.2. The number of amides is 1. The third kappa shape index (κ3) is 4.34. The molecule has 124 valence electrons. The third-order valence-electron chi connectivity index (χ3n) is 4.15. The van der Waals surface area contributed by atoms with Gasteiger partial charge in [0, 0.05) is 50.5 Å². The van der Waals surface area contributed by atoms with E-state index < -0.39 is 0 Å². The van der Waals surface area contributed by atoms with Gasteiger partial charge in [-0.15, -0.1) is 0 Å². The molecule has 2 aliphatic rings. The van der Waals surface area contributed by atoms with Crippen molar-refractivity contribution >= 4 is 28.5 Å². The number of carbonyl (C=O) groups excluding carboxylic acids is 2. The van der Waals surface area contributed by atoms with E-state index >= 15 is 0 Å². The Labute approximate surface area is 141 Å². The SMILES string of the molecule is CC(=O)SC1CC(=O)N(c2cccc(CN3CCOCC3)c2)C1. The minimum Gasteiger partial charge on any atom is -0.379 e. The second-order valence-corrected chi connectivity index (χ2v) is 7.48. The Kier molecular flexibility index (Phi) is 5.35. The minimum atomic E-state index is 0.0721. The van der Waals surface area contributed by atoms with E-state index in [4.69, 9.17) is 4.74 Å². The van der Waals surface area contributed by atoms with Gasteiger partial charge in [0.05, 0.1) is 13.2 Å². The predicted molar refractivity (Wildman–Crippen MR) is 91.6 cm³/mol. The van der Waals surface area contributed by atoms with E-state index in [2.05, 4.69) is 17.0 Å². The summed E-state index contributed by atoms with van der Waals surface area (Å²) in [5, 5.41) is 0.147. The molecule has 0 N–H and O–H groups in total. The van der Waals surface area contributed by atoms with Crippen molar-refractivity contribution in [2.45, 2.75) is 25.1 Å². The fourth-order valence-electron chi connectivity index (χ4n) is 3.08. The first kappa shape index (κ1) is 16.5. The molecule has 23 heavy (non-hydrogen) atoms. The van der Waals surface area contributed by atoms with Gasteiger partial charge in [-0.05, 0) is 17.7 Å². The summed E-state index contributed by atoms with van der Waals surface area (Å²) in [5.41, 5.74) is 2.15. The van der Waals surface area contributed by atoms with Crippen LogP contribution in [0.1, 0.15) is 18.9 Å². The Bertz CT molecular complexity index is 587. The second-order valence-electron chi connectivity index (χ2n) is 6.00. The molecule has 2 saturated heterocycles.